The molecule has 0 aliphatic heterocycles. The number of benzene rings is 2. The summed E-state index contributed by atoms with van der Waals surface area (Å²) in [4.78, 5) is 4.19. The molecule has 148 valence electrons. The van der Waals surface area contributed by atoms with Crippen molar-refractivity contribution in [3.63, 3.8) is 0 Å². The second kappa shape index (κ2) is 10.1. The lowest BCUT2D eigenvalue weighted by Crippen LogP contribution is -2.22. The highest BCUT2D eigenvalue weighted by molar-refractivity contribution is 14.0. The molecule has 0 heterocycles. The number of nitrogens with two attached hydrogens (primary N) is 1. The lowest BCUT2D eigenvalue weighted by Gasteiger charge is -2.11. The molecule has 3 N–H and O–H groups in total. The lowest BCUT2D eigenvalue weighted by atomic mass is 10.2. The molecule has 2 aromatic carbocycles. The number of rotatable bonds is 6. The number of guanidine groups is 1. The fourth-order valence-corrected chi connectivity index (χ4v) is 2.08. The topological polar surface area (TPSA) is 78.1 Å². The van der Waals surface area contributed by atoms with Gasteiger partial charge in [-0.3, -0.25) is 0 Å². The fraction of sp³-hybridized carbons (Fsp3) is 0.235. The van der Waals surface area contributed by atoms with Gasteiger partial charge in [-0.05, 0) is 36.4 Å². The van der Waals surface area contributed by atoms with Gasteiger partial charge in [-0.25, -0.2) is 4.99 Å². The van der Waals surface area contributed by atoms with Gasteiger partial charge in [-0.15, -0.1) is 37.1 Å². The SMILES string of the molecule is COc1ccc(CN=C(N)Nc2ccc(OC(F)(F)F)cc2)c(OC)c1.I. The van der Waals surface area contributed by atoms with Crippen LogP contribution in [0.5, 0.6) is 17.2 Å². The maximum atomic E-state index is 12.1. The molecule has 0 radical (unpaired) electrons. The Kier molecular flexibility index (Phi) is 8.47. The van der Waals surface area contributed by atoms with E-state index in [1.165, 1.54) is 31.4 Å². The number of hydrogen-bond donors (Lipinski definition) is 2. The highest BCUT2D eigenvalue weighted by Crippen LogP contribution is 2.26. The number of aliphatic imine (C=N–C) groups is 1. The summed E-state index contributed by atoms with van der Waals surface area (Å²) in [6, 6.07) is 10.5. The van der Waals surface area contributed by atoms with Gasteiger partial charge in [0.1, 0.15) is 17.2 Å². The first-order chi connectivity index (χ1) is 12.3. The van der Waals surface area contributed by atoms with E-state index in [-0.39, 0.29) is 42.2 Å². The van der Waals surface area contributed by atoms with E-state index >= 15 is 0 Å². The molecule has 0 aliphatic carbocycles. The second-order valence-electron chi connectivity index (χ2n) is 5.08. The van der Waals surface area contributed by atoms with Gasteiger partial charge in [0.2, 0.25) is 0 Å². The smallest absolute Gasteiger partial charge is 0.497 e. The summed E-state index contributed by atoms with van der Waals surface area (Å²) in [5, 5.41) is 2.79. The maximum absolute atomic E-state index is 12.1. The number of halogens is 4. The van der Waals surface area contributed by atoms with Crippen LogP contribution < -0.4 is 25.3 Å². The molecule has 0 fully saturated rings. The minimum atomic E-state index is -4.73. The lowest BCUT2D eigenvalue weighted by molar-refractivity contribution is -0.274. The van der Waals surface area contributed by atoms with E-state index in [2.05, 4.69) is 15.0 Å². The number of hydrogen-bond acceptors (Lipinski definition) is 4. The third kappa shape index (κ3) is 7.41. The Hall–Kier alpha value is -2.37. The number of methoxy groups -OCH3 is 2. The number of ether oxygens (including phenoxy) is 3. The molecule has 27 heavy (non-hydrogen) atoms. The van der Waals surface area contributed by atoms with Gasteiger partial charge in [-0.2, -0.15) is 0 Å². The number of anilines is 1. The summed E-state index contributed by atoms with van der Waals surface area (Å²) < 4.78 is 50.6. The molecule has 0 saturated carbocycles. The van der Waals surface area contributed by atoms with Crippen molar-refractivity contribution in [1.82, 2.24) is 0 Å². The van der Waals surface area contributed by atoms with Gasteiger partial charge in [0.25, 0.3) is 0 Å². The Morgan fingerprint density at radius 2 is 1.67 bits per heavy atom. The molecule has 0 atom stereocenters. The molecule has 6 nitrogen and oxygen atoms in total. The van der Waals surface area contributed by atoms with E-state index in [1.54, 1.807) is 25.3 Å². The molecule has 0 spiro atoms. The third-order valence-electron chi connectivity index (χ3n) is 3.27. The van der Waals surface area contributed by atoms with E-state index in [0.717, 1.165) is 5.56 Å². The average Bonchev–Trinajstić information content (AvgIpc) is 2.60. The van der Waals surface area contributed by atoms with Crippen LogP contribution in [0.1, 0.15) is 5.56 Å². The van der Waals surface area contributed by atoms with Crippen LogP contribution in [0.4, 0.5) is 18.9 Å². The first kappa shape index (κ1) is 22.7. The minimum Gasteiger partial charge on any atom is -0.497 e. The Labute approximate surface area is 171 Å². The molecule has 0 unspecified atom stereocenters. The van der Waals surface area contributed by atoms with Crippen LogP contribution in [0.25, 0.3) is 0 Å². The van der Waals surface area contributed by atoms with E-state index in [1.807, 2.05) is 0 Å². The first-order valence-electron chi connectivity index (χ1n) is 7.44. The van der Waals surface area contributed by atoms with Crippen LogP contribution in [0.3, 0.4) is 0 Å². The predicted octanol–water partition coefficient (Wildman–Crippen LogP) is 4.15. The van der Waals surface area contributed by atoms with E-state index in [4.69, 9.17) is 15.2 Å². The van der Waals surface area contributed by atoms with Crippen LogP contribution >= 0.6 is 24.0 Å². The monoisotopic (exact) mass is 497 g/mol. The van der Waals surface area contributed by atoms with Gasteiger partial charge in [0.15, 0.2) is 5.96 Å². The predicted molar refractivity (Wildman–Crippen MR) is 107 cm³/mol. The molecule has 0 aromatic heterocycles. The van der Waals surface area contributed by atoms with Crippen molar-refractivity contribution in [2.45, 2.75) is 12.9 Å². The summed E-state index contributed by atoms with van der Waals surface area (Å²) in [6.45, 7) is 0.251. The fourth-order valence-electron chi connectivity index (χ4n) is 2.08. The summed E-state index contributed by atoms with van der Waals surface area (Å²) >= 11 is 0. The van der Waals surface area contributed by atoms with Crippen LogP contribution in [0, 0.1) is 0 Å². The molecule has 2 rings (SSSR count). The molecule has 0 aliphatic rings. The first-order valence-corrected chi connectivity index (χ1v) is 7.44. The van der Waals surface area contributed by atoms with Crippen molar-refractivity contribution in [2.24, 2.45) is 10.7 Å². The second-order valence-corrected chi connectivity index (χ2v) is 5.08. The molecule has 0 amide bonds. The Morgan fingerprint density at radius 3 is 2.22 bits per heavy atom. The zero-order chi connectivity index (χ0) is 19.2. The summed E-state index contributed by atoms with van der Waals surface area (Å²) in [6.07, 6.45) is -4.73. The number of nitrogens with zero attached hydrogens (tertiary/aromatic N) is 1. The van der Waals surface area contributed by atoms with Crippen LogP contribution in [-0.4, -0.2) is 26.5 Å². The van der Waals surface area contributed by atoms with E-state index < -0.39 is 6.36 Å². The quantitative estimate of drug-likeness (QED) is 0.357. The van der Waals surface area contributed by atoms with Crippen LogP contribution in [0.2, 0.25) is 0 Å². The average molecular weight is 497 g/mol. The molecule has 2 aromatic rings. The molecular weight excluding hydrogens is 478 g/mol. The van der Waals surface area contributed by atoms with Gasteiger partial charge in [0.05, 0.1) is 20.8 Å². The van der Waals surface area contributed by atoms with Crippen molar-refractivity contribution in [1.29, 1.82) is 0 Å². The third-order valence-corrected chi connectivity index (χ3v) is 3.27. The highest BCUT2D eigenvalue weighted by Gasteiger charge is 2.30. The van der Waals surface area contributed by atoms with Crippen molar-refractivity contribution >= 4 is 35.6 Å². The van der Waals surface area contributed by atoms with E-state index in [0.29, 0.717) is 17.2 Å². The van der Waals surface area contributed by atoms with Gasteiger partial charge in [-0.1, -0.05) is 0 Å². The van der Waals surface area contributed by atoms with Crippen molar-refractivity contribution < 1.29 is 27.4 Å². The number of nitrogens with one attached hydrogen (secondary N) is 1. The molecule has 0 bridgehead atoms. The van der Waals surface area contributed by atoms with Gasteiger partial charge >= 0.3 is 6.36 Å². The standard InChI is InChI=1S/C17H18F3N3O3.HI/c1-24-14-6-3-11(15(9-14)25-2)10-22-16(21)23-12-4-7-13(8-5-12)26-17(18,19)20;/h3-9H,10H2,1-2H3,(H3,21,22,23);1H. The molecule has 0 saturated heterocycles. The van der Waals surface area contributed by atoms with E-state index in [9.17, 15) is 13.2 Å². The zero-order valence-corrected chi connectivity index (χ0v) is 16.9. The minimum absolute atomic E-state index is 0. The van der Waals surface area contributed by atoms with Crippen LogP contribution in [0.15, 0.2) is 47.5 Å². The van der Waals surface area contributed by atoms with Gasteiger partial charge in [0, 0.05) is 17.3 Å². The van der Waals surface area contributed by atoms with Crippen molar-refractivity contribution in [3.05, 3.63) is 48.0 Å². The highest BCUT2D eigenvalue weighted by atomic mass is 127. The normalized spacial score (nSPS) is 11.4. The van der Waals surface area contributed by atoms with Crippen molar-refractivity contribution in [3.8, 4) is 17.2 Å². The summed E-state index contributed by atoms with van der Waals surface area (Å²) in [7, 11) is 3.09. The summed E-state index contributed by atoms with van der Waals surface area (Å²) in [5.41, 5.74) is 7.08. The molecule has 10 heteroatoms. The number of alkyl halides is 3. The van der Waals surface area contributed by atoms with Gasteiger partial charge < -0.3 is 25.3 Å². The van der Waals surface area contributed by atoms with Crippen molar-refractivity contribution in [2.75, 3.05) is 19.5 Å². The Morgan fingerprint density at radius 1 is 1.04 bits per heavy atom. The summed E-state index contributed by atoms with van der Waals surface area (Å²) in [5.74, 6) is 1.05. The Balaban J connectivity index is 0.00000364. The Bertz CT molecular complexity index is 768. The van der Waals surface area contributed by atoms with Crippen LogP contribution in [-0.2, 0) is 6.54 Å². The zero-order valence-electron chi connectivity index (χ0n) is 14.5. The maximum Gasteiger partial charge on any atom is 0.573 e. The molecular formula is C17H19F3IN3O3. The largest absolute Gasteiger partial charge is 0.573 e.